The number of nitrogens with zero attached hydrogens (tertiary/aromatic N) is 6. The van der Waals surface area contributed by atoms with Crippen LogP contribution in [-0.4, -0.2) is 42.5 Å². The average Bonchev–Trinajstić information content (AvgIpc) is 3.38. The van der Waals surface area contributed by atoms with Crippen molar-refractivity contribution in [2.45, 2.75) is 0 Å². The lowest BCUT2D eigenvalue weighted by Crippen LogP contribution is -2.16. The molecule has 0 saturated heterocycles. The first-order chi connectivity index (χ1) is 13.2. The maximum absolute atomic E-state index is 12.6. The Bertz CT molecular complexity index is 1060. The molecule has 0 bridgehead atoms. The quantitative estimate of drug-likeness (QED) is 0.567. The normalized spacial score (nSPS) is 10.6. The van der Waals surface area contributed by atoms with Crippen LogP contribution in [0.5, 0.6) is 5.75 Å². The molecule has 0 fully saturated rings. The van der Waals surface area contributed by atoms with E-state index in [1.807, 2.05) is 11.4 Å². The van der Waals surface area contributed by atoms with Gasteiger partial charge in [-0.15, -0.1) is 11.3 Å². The lowest BCUT2D eigenvalue weighted by atomic mass is 10.3. The number of pyridine rings is 1. The fraction of sp³-hybridized carbons (Fsp3) is 0.0588. The molecule has 0 radical (unpaired) electrons. The molecule has 4 aromatic rings. The molecule has 0 aliphatic carbocycles. The van der Waals surface area contributed by atoms with Crippen molar-refractivity contribution >= 4 is 22.4 Å². The predicted octanol–water partition coefficient (Wildman–Crippen LogP) is 2.44. The van der Waals surface area contributed by atoms with Gasteiger partial charge in [-0.1, -0.05) is 0 Å². The number of aromatic nitrogens is 6. The highest BCUT2D eigenvalue weighted by atomic mass is 32.1. The van der Waals surface area contributed by atoms with Crippen LogP contribution in [0, 0.1) is 0 Å². The number of imidazole rings is 1. The second kappa shape index (κ2) is 7.30. The van der Waals surface area contributed by atoms with Crippen molar-refractivity contribution in [3.63, 3.8) is 0 Å². The van der Waals surface area contributed by atoms with Crippen LogP contribution in [0.25, 0.3) is 17.1 Å². The van der Waals surface area contributed by atoms with Gasteiger partial charge >= 0.3 is 0 Å². The third-order valence-corrected chi connectivity index (χ3v) is 4.41. The summed E-state index contributed by atoms with van der Waals surface area (Å²) in [6.45, 7) is 0. The van der Waals surface area contributed by atoms with Crippen molar-refractivity contribution in [1.29, 1.82) is 0 Å². The van der Waals surface area contributed by atoms with Gasteiger partial charge in [0, 0.05) is 5.38 Å². The third-order valence-electron chi connectivity index (χ3n) is 3.66. The molecule has 4 rings (SSSR count). The summed E-state index contributed by atoms with van der Waals surface area (Å²) >= 11 is 1.31. The Labute approximate surface area is 157 Å². The number of nitrogens with one attached hydrogen (secondary N) is 1. The Morgan fingerprint density at radius 3 is 2.70 bits per heavy atom. The molecule has 4 aromatic heterocycles. The van der Waals surface area contributed by atoms with Gasteiger partial charge in [-0.25, -0.2) is 19.9 Å². The van der Waals surface area contributed by atoms with Gasteiger partial charge in [0.05, 0.1) is 49.6 Å². The van der Waals surface area contributed by atoms with Crippen molar-refractivity contribution in [3.8, 4) is 22.8 Å². The lowest BCUT2D eigenvalue weighted by molar-refractivity contribution is 0.102. The van der Waals surface area contributed by atoms with Crippen LogP contribution in [0.2, 0.25) is 0 Å². The van der Waals surface area contributed by atoms with E-state index < -0.39 is 0 Å². The Morgan fingerprint density at radius 1 is 1.11 bits per heavy atom. The minimum absolute atomic E-state index is 0.333. The van der Waals surface area contributed by atoms with Crippen molar-refractivity contribution in [2.75, 3.05) is 12.4 Å². The van der Waals surface area contributed by atoms with Crippen molar-refractivity contribution in [1.82, 2.24) is 29.5 Å². The molecule has 1 N–H and O–H groups in total. The molecule has 0 aliphatic heterocycles. The molecule has 0 spiro atoms. The van der Waals surface area contributed by atoms with Crippen LogP contribution in [0.15, 0.2) is 55.0 Å². The second-order valence-electron chi connectivity index (χ2n) is 5.32. The van der Waals surface area contributed by atoms with Gasteiger partial charge in [0.25, 0.3) is 5.91 Å². The standard InChI is InChI=1S/C17H13N7O2S/c1-26-12-2-3-13(21-6-12)14-8-27-17(22-14)23-16(25)15-7-20-10-24(15)11-4-18-9-19-5-11/h2-10H,1H3,(H,22,23,25). The smallest absolute Gasteiger partial charge is 0.276 e. The van der Waals surface area contributed by atoms with E-state index in [1.165, 1.54) is 30.2 Å². The summed E-state index contributed by atoms with van der Waals surface area (Å²) in [4.78, 5) is 33.3. The highest BCUT2D eigenvalue weighted by Crippen LogP contribution is 2.25. The van der Waals surface area contributed by atoms with E-state index in [-0.39, 0.29) is 5.91 Å². The van der Waals surface area contributed by atoms with Crippen LogP contribution in [0.1, 0.15) is 10.5 Å². The maximum Gasteiger partial charge on any atom is 0.276 e. The van der Waals surface area contributed by atoms with Gasteiger partial charge in [0.2, 0.25) is 0 Å². The summed E-state index contributed by atoms with van der Waals surface area (Å²) < 4.78 is 6.70. The van der Waals surface area contributed by atoms with Crippen LogP contribution < -0.4 is 10.1 Å². The molecule has 134 valence electrons. The molecular weight excluding hydrogens is 366 g/mol. The number of anilines is 1. The summed E-state index contributed by atoms with van der Waals surface area (Å²) in [6, 6.07) is 3.62. The first kappa shape index (κ1) is 16.8. The van der Waals surface area contributed by atoms with Crippen LogP contribution in [0.4, 0.5) is 5.13 Å². The number of hydrogen-bond acceptors (Lipinski definition) is 8. The summed E-state index contributed by atoms with van der Waals surface area (Å²) in [6.07, 6.45) is 9.24. The van der Waals surface area contributed by atoms with Crippen molar-refractivity contribution < 1.29 is 9.53 Å². The molecule has 0 saturated carbocycles. The second-order valence-corrected chi connectivity index (χ2v) is 6.18. The Hall–Kier alpha value is -3.66. The van der Waals surface area contributed by atoms with Crippen molar-refractivity contribution in [2.24, 2.45) is 0 Å². The van der Waals surface area contributed by atoms with Gasteiger partial charge in [0.1, 0.15) is 23.5 Å². The minimum atomic E-state index is -0.333. The van der Waals surface area contributed by atoms with E-state index in [9.17, 15) is 4.79 Å². The molecule has 4 heterocycles. The molecule has 10 heteroatoms. The highest BCUT2D eigenvalue weighted by molar-refractivity contribution is 7.14. The number of carbonyl (C=O) groups is 1. The Balaban J connectivity index is 1.53. The van der Waals surface area contributed by atoms with E-state index in [0.717, 1.165) is 0 Å². The van der Waals surface area contributed by atoms with Gasteiger partial charge in [0.15, 0.2) is 5.13 Å². The fourth-order valence-electron chi connectivity index (χ4n) is 2.35. The number of ether oxygens (including phenoxy) is 1. The topological polar surface area (TPSA) is 108 Å². The van der Waals surface area contributed by atoms with E-state index in [2.05, 4.69) is 30.2 Å². The molecule has 0 aromatic carbocycles. The summed E-state index contributed by atoms with van der Waals surface area (Å²) in [5.74, 6) is 0.334. The Morgan fingerprint density at radius 2 is 1.96 bits per heavy atom. The first-order valence-corrected chi connectivity index (χ1v) is 8.67. The van der Waals surface area contributed by atoms with Gasteiger partial charge in [-0.3, -0.25) is 19.7 Å². The number of amides is 1. The molecule has 1 amide bonds. The maximum atomic E-state index is 12.6. The summed E-state index contributed by atoms with van der Waals surface area (Å²) in [5.41, 5.74) is 2.36. The van der Waals surface area contributed by atoms with Crippen molar-refractivity contribution in [3.05, 3.63) is 60.6 Å². The zero-order valence-electron chi connectivity index (χ0n) is 14.1. The largest absolute Gasteiger partial charge is 0.495 e. The monoisotopic (exact) mass is 379 g/mol. The van der Waals surface area contributed by atoms with Gasteiger partial charge < -0.3 is 4.74 Å². The van der Waals surface area contributed by atoms with E-state index in [4.69, 9.17) is 4.74 Å². The van der Waals surface area contributed by atoms with E-state index >= 15 is 0 Å². The molecular formula is C17H13N7O2S. The Kier molecular flexibility index (Phi) is 4.54. The number of thiazole rings is 1. The number of hydrogen-bond donors (Lipinski definition) is 1. The lowest BCUT2D eigenvalue weighted by Gasteiger charge is -2.06. The number of rotatable bonds is 5. The summed E-state index contributed by atoms with van der Waals surface area (Å²) in [5, 5.41) is 5.07. The van der Waals surface area contributed by atoms with Gasteiger partial charge in [-0.2, -0.15) is 0 Å². The number of carbonyl (C=O) groups excluding carboxylic acids is 1. The average molecular weight is 379 g/mol. The SMILES string of the molecule is COc1ccc(-c2csc(NC(=O)c3cncn3-c3cncnc3)n2)nc1. The van der Waals surface area contributed by atoms with Gasteiger partial charge in [-0.05, 0) is 12.1 Å². The first-order valence-electron chi connectivity index (χ1n) is 7.79. The van der Waals surface area contributed by atoms with Crippen LogP contribution in [0.3, 0.4) is 0 Å². The molecule has 0 atom stereocenters. The van der Waals surface area contributed by atoms with Crippen LogP contribution >= 0.6 is 11.3 Å². The highest BCUT2D eigenvalue weighted by Gasteiger charge is 2.16. The predicted molar refractivity (Wildman–Crippen MR) is 99.0 cm³/mol. The molecule has 0 unspecified atom stereocenters. The zero-order chi connectivity index (χ0) is 18.6. The zero-order valence-corrected chi connectivity index (χ0v) is 14.9. The van der Waals surface area contributed by atoms with Crippen LogP contribution in [-0.2, 0) is 0 Å². The molecule has 9 nitrogen and oxygen atoms in total. The number of methoxy groups -OCH3 is 1. The molecule has 0 aliphatic rings. The fourth-order valence-corrected chi connectivity index (χ4v) is 3.05. The summed E-state index contributed by atoms with van der Waals surface area (Å²) in [7, 11) is 1.58. The van der Waals surface area contributed by atoms with E-state index in [1.54, 1.807) is 36.3 Å². The minimum Gasteiger partial charge on any atom is -0.495 e. The third kappa shape index (κ3) is 3.51. The molecule has 27 heavy (non-hydrogen) atoms. The van der Waals surface area contributed by atoms with E-state index in [0.29, 0.717) is 33.7 Å².